The van der Waals surface area contributed by atoms with E-state index in [0.29, 0.717) is 0 Å². The van der Waals surface area contributed by atoms with Crippen molar-refractivity contribution in [2.45, 2.75) is 0 Å². The van der Waals surface area contributed by atoms with Gasteiger partial charge in [0.05, 0.1) is 6.54 Å². The van der Waals surface area contributed by atoms with E-state index in [4.69, 9.17) is 17.3 Å². The minimum absolute atomic E-state index is 0.119. The first kappa shape index (κ1) is 9.76. The molecular weight excluding hydrogens is 192 g/mol. The topological polar surface area (TPSA) is 75.3 Å². The Kier molecular flexibility index (Phi) is 3.05. The van der Waals surface area contributed by atoms with Crippen LogP contribution in [0.5, 0.6) is 0 Å². The van der Waals surface area contributed by atoms with Crippen LogP contribution in [-0.2, 0) is 0 Å². The van der Waals surface area contributed by atoms with E-state index in [1.807, 2.05) is 0 Å². The summed E-state index contributed by atoms with van der Waals surface area (Å²) in [5.74, 6) is 0.180. The van der Waals surface area contributed by atoms with E-state index in [0.717, 1.165) is 5.06 Å². The number of halogens is 1. The third-order valence-corrected chi connectivity index (χ3v) is 1.66. The van der Waals surface area contributed by atoms with Crippen molar-refractivity contribution in [3.63, 3.8) is 0 Å². The molecule has 5 nitrogen and oxygen atoms in total. The van der Waals surface area contributed by atoms with Crippen molar-refractivity contribution in [2.75, 3.05) is 17.3 Å². The van der Waals surface area contributed by atoms with Crippen LogP contribution in [0.15, 0.2) is 19.0 Å². The Bertz CT molecular complexity index is 317. The molecule has 0 bridgehead atoms. The molecule has 0 aliphatic heterocycles. The zero-order chi connectivity index (χ0) is 9.84. The molecule has 0 fully saturated rings. The van der Waals surface area contributed by atoms with Crippen LogP contribution in [-0.4, -0.2) is 21.7 Å². The van der Waals surface area contributed by atoms with E-state index in [-0.39, 0.29) is 23.2 Å². The summed E-state index contributed by atoms with van der Waals surface area (Å²) in [5.41, 5.74) is 5.67. The number of hydrogen-bond donors (Lipinski definition) is 2. The molecule has 1 heterocycles. The average Bonchev–Trinajstić information content (AvgIpc) is 2.10. The highest BCUT2D eigenvalue weighted by atomic mass is 35.5. The molecule has 0 aromatic carbocycles. The number of nitrogens with zero attached hydrogens (tertiary/aromatic N) is 3. The highest BCUT2D eigenvalue weighted by Gasteiger charge is 2.10. The molecule has 0 saturated carbocycles. The monoisotopic (exact) mass is 200 g/mol. The minimum Gasteiger partial charge on any atom is -0.393 e. The highest BCUT2D eigenvalue weighted by Crippen LogP contribution is 2.24. The zero-order valence-corrected chi connectivity index (χ0v) is 7.57. The molecule has 6 heteroatoms. The summed E-state index contributed by atoms with van der Waals surface area (Å²) in [5, 5.41) is 10.3. The summed E-state index contributed by atoms with van der Waals surface area (Å²) < 4.78 is 0. The molecule has 13 heavy (non-hydrogen) atoms. The Labute approximate surface area is 80.4 Å². The molecular formula is C7H9ClN4O. The van der Waals surface area contributed by atoms with E-state index < -0.39 is 0 Å². The fourth-order valence-corrected chi connectivity index (χ4v) is 0.908. The molecule has 0 aliphatic carbocycles. The van der Waals surface area contributed by atoms with Crippen LogP contribution in [0.4, 0.5) is 11.5 Å². The normalized spacial score (nSPS) is 9.69. The first-order valence-electron chi connectivity index (χ1n) is 3.50. The quantitative estimate of drug-likeness (QED) is 0.434. The average molecular weight is 201 g/mol. The van der Waals surface area contributed by atoms with Crippen molar-refractivity contribution < 1.29 is 5.21 Å². The number of rotatable bonds is 3. The van der Waals surface area contributed by atoms with E-state index in [9.17, 15) is 5.21 Å². The maximum atomic E-state index is 9.36. The SMILES string of the molecule is C=CCN(O)c1ncnc(Cl)c1N. The Morgan fingerprint density at radius 2 is 2.38 bits per heavy atom. The van der Waals surface area contributed by atoms with Crippen LogP contribution in [0.2, 0.25) is 5.15 Å². The van der Waals surface area contributed by atoms with Gasteiger partial charge in [-0.05, 0) is 0 Å². The standard InChI is InChI=1S/C7H9ClN4O/c1-2-3-12(13)7-5(9)6(8)10-4-11-7/h2,4,13H,1,3,9H2. The second kappa shape index (κ2) is 4.06. The maximum Gasteiger partial charge on any atom is 0.180 e. The first-order chi connectivity index (χ1) is 6.16. The van der Waals surface area contributed by atoms with Crippen LogP contribution in [0.1, 0.15) is 0 Å². The van der Waals surface area contributed by atoms with Gasteiger partial charge in [0.15, 0.2) is 11.0 Å². The van der Waals surface area contributed by atoms with E-state index in [2.05, 4.69) is 16.5 Å². The summed E-state index contributed by atoms with van der Waals surface area (Å²) in [6.45, 7) is 3.68. The van der Waals surface area contributed by atoms with Gasteiger partial charge in [0.1, 0.15) is 12.0 Å². The molecule has 0 amide bonds. The lowest BCUT2D eigenvalue weighted by atomic mass is 10.4. The summed E-state index contributed by atoms with van der Waals surface area (Å²) in [7, 11) is 0. The third kappa shape index (κ3) is 2.07. The van der Waals surface area contributed by atoms with Crippen LogP contribution in [0, 0.1) is 0 Å². The Morgan fingerprint density at radius 3 is 3.00 bits per heavy atom. The summed E-state index contributed by atoms with van der Waals surface area (Å²) >= 11 is 5.62. The molecule has 0 spiro atoms. The van der Waals surface area contributed by atoms with Crippen LogP contribution in [0.3, 0.4) is 0 Å². The number of nitrogen functional groups attached to an aromatic ring is 1. The smallest absolute Gasteiger partial charge is 0.180 e. The summed E-state index contributed by atoms with van der Waals surface area (Å²) in [4.78, 5) is 7.41. The number of hydrogen-bond acceptors (Lipinski definition) is 5. The lowest BCUT2D eigenvalue weighted by molar-refractivity contribution is 0.263. The van der Waals surface area contributed by atoms with Crippen molar-refractivity contribution in [3.8, 4) is 0 Å². The molecule has 3 N–H and O–H groups in total. The van der Waals surface area contributed by atoms with Gasteiger partial charge in [-0.2, -0.15) is 0 Å². The van der Waals surface area contributed by atoms with Crippen LogP contribution >= 0.6 is 11.6 Å². The van der Waals surface area contributed by atoms with Gasteiger partial charge in [0.25, 0.3) is 0 Å². The first-order valence-corrected chi connectivity index (χ1v) is 3.88. The third-order valence-electron chi connectivity index (χ3n) is 1.36. The van der Waals surface area contributed by atoms with E-state index in [1.54, 1.807) is 0 Å². The number of aromatic nitrogens is 2. The molecule has 0 radical (unpaired) electrons. The number of anilines is 2. The van der Waals surface area contributed by atoms with Gasteiger partial charge in [0, 0.05) is 0 Å². The Hall–Kier alpha value is -1.33. The van der Waals surface area contributed by atoms with Crippen molar-refractivity contribution in [2.24, 2.45) is 0 Å². The lowest BCUT2D eigenvalue weighted by Crippen LogP contribution is -2.20. The number of hydroxylamine groups is 1. The summed E-state index contributed by atoms with van der Waals surface area (Å²) in [6, 6.07) is 0. The fourth-order valence-electron chi connectivity index (χ4n) is 0.780. The molecule has 0 unspecified atom stereocenters. The predicted octanol–water partition coefficient (Wildman–Crippen LogP) is 1.09. The fraction of sp³-hybridized carbons (Fsp3) is 0.143. The van der Waals surface area contributed by atoms with Gasteiger partial charge in [-0.3, -0.25) is 5.21 Å². The summed E-state index contributed by atoms with van der Waals surface area (Å²) in [6.07, 6.45) is 2.73. The Morgan fingerprint density at radius 1 is 1.69 bits per heavy atom. The molecule has 1 aromatic rings. The van der Waals surface area contributed by atoms with Gasteiger partial charge in [-0.15, -0.1) is 6.58 Å². The number of nitrogens with two attached hydrogens (primary N) is 1. The highest BCUT2D eigenvalue weighted by molar-refractivity contribution is 6.32. The lowest BCUT2D eigenvalue weighted by Gasteiger charge is -2.14. The molecule has 0 atom stereocenters. The van der Waals surface area contributed by atoms with Crippen molar-refractivity contribution in [1.82, 2.24) is 9.97 Å². The second-order valence-electron chi connectivity index (χ2n) is 2.27. The van der Waals surface area contributed by atoms with Gasteiger partial charge in [-0.1, -0.05) is 17.7 Å². The zero-order valence-electron chi connectivity index (χ0n) is 6.81. The largest absolute Gasteiger partial charge is 0.393 e. The van der Waals surface area contributed by atoms with Crippen molar-refractivity contribution in [3.05, 3.63) is 24.1 Å². The van der Waals surface area contributed by atoms with Gasteiger partial charge < -0.3 is 5.73 Å². The molecule has 1 aromatic heterocycles. The van der Waals surface area contributed by atoms with Gasteiger partial charge in [0.2, 0.25) is 0 Å². The van der Waals surface area contributed by atoms with E-state index in [1.165, 1.54) is 12.4 Å². The van der Waals surface area contributed by atoms with Gasteiger partial charge in [-0.25, -0.2) is 15.0 Å². The van der Waals surface area contributed by atoms with Crippen molar-refractivity contribution >= 4 is 23.1 Å². The second-order valence-corrected chi connectivity index (χ2v) is 2.63. The molecule has 0 saturated heterocycles. The molecule has 1 rings (SSSR count). The van der Waals surface area contributed by atoms with Gasteiger partial charge >= 0.3 is 0 Å². The Balaban J connectivity index is 3.00. The van der Waals surface area contributed by atoms with Crippen LogP contribution < -0.4 is 10.8 Å². The predicted molar refractivity (Wildman–Crippen MR) is 50.8 cm³/mol. The van der Waals surface area contributed by atoms with E-state index >= 15 is 0 Å². The minimum atomic E-state index is 0.119. The van der Waals surface area contributed by atoms with Crippen molar-refractivity contribution in [1.29, 1.82) is 0 Å². The molecule has 0 aliphatic rings. The maximum absolute atomic E-state index is 9.36. The van der Waals surface area contributed by atoms with Crippen LogP contribution in [0.25, 0.3) is 0 Å². The molecule has 70 valence electrons.